The van der Waals surface area contributed by atoms with E-state index in [1.165, 1.54) is 11.1 Å². The van der Waals surface area contributed by atoms with Gasteiger partial charge in [0.05, 0.1) is 11.0 Å². The number of nitrogens with zero attached hydrogens (tertiary/aromatic N) is 3. The Balaban J connectivity index is 1.62. The quantitative estimate of drug-likeness (QED) is 0.517. The lowest BCUT2D eigenvalue weighted by Crippen LogP contribution is -2.19. The van der Waals surface area contributed by atoms with Gasteiger partial charge in [-0.1, -0.05) is 24.3 Å². The highest BCUT2D eigenvalue weighted by molar-refractivity contribution is 6.05. The molecule has 144 valence electrons. The first-order chi connectivity index (χ1) is 14.3. The second kappa shape index (κ2) is 7.56. The molecular formula is C23H20N4O2. The zero-order valence-corrected chi connectivity index (χ0v) is 15.9. The molecule has 1 aliphatic heterocycles. The van der Waals surface area contributed by atoms with E-state index in [1.54, 1.807) is 12.4 Å². The number of nitroso groups, excluding NO2 is 1. The highest BCUT2D eigenvalue weighted by Crippen LogP contribution is 2.39. The zero-order valence-electron chi connectivity index (χ0n) is 15.9. The standard InChI is InChI=1S/C23H20N4O2/c28-27-26-21-4-2-17-13-18(1-3-19(17)21)20-14-22(15-5-9-24-10-6-15)29-23(20)16-7-11-25-12-8-16/h1,3,5,7-8,11-14,24H,2,4,6,9-10H2/b26-21+. The Labute approximate surface area is 168 Å². The maximum Gasteiger partial charge on any atom is 0.142 e. The molecule has 0 saturated carbocycles. The van der Waals surface area contributed by atoms with Crippen LogP contribution in [0.3, 0.4) is 0 Å². The van der Waals surface area contributed by atoms with Gasteiger partial charge in [-0.3, -0.25) is 4.98 Å². The Bertz CT molecular complexity index is 1130. The van der Waals surface area contributed by atoms with E-state index in [1.807, 2.05) is 18.2 Å². The Kier molecular flexibility index (Phi) is 4.62. The number of fused-ring (bicyclic) bond motifs is 1. The molecule has 1 N–H and O–H groups in total. The summed E-state index contributed by atoms with van der Waals surface area (Å²) in [6, 6.07) is 12.4. The third-order valence-corrected chi connectivity index (χ3v) is 5.57. The molecule has 0 unspecified atom stereocenters. The van der Waals surface area contributed by atoms with Gasteiger partial charge >= 0.3 is 0 Å². The van der Waals surface area contributed by atoms with Crippen LogP contribution in [-0.2, 0) is 6.42 Å². The minimum atomic E-state index is 0.748. The van der Waals surface area contributed by atoms with E-state index < -0.39 is 0 Å². The fraction of sp³-hybridized carbons (Fsp3) is 0.217. The van der Waals surface area contributed by atoms with Crippen molar-refractivity contribution < 1.29 is 4.42 Å². The maximum absolute atomic E-state index is 10.5. The van der Waals surface area contributed by atoms with Crippen LogP contribution < -0.4 is 5.32 Å². The van der Waals surface area contributed by atoms with E-state index in [-0.39, 0.29) is 0 Å². The molecule has 0 atom stereocenters. The molecule has 1 aromatic carbocycles. The molecule has 0 radical (unpaired) electrons. The van der Waals surface area contributed by atoms with Gasteiger partial charge in [0.1, 0.15) is 11.5 Å². The first-order valence-corrected chi connectivity index (χ1v) is 9.80. The van der Waals surface area contributed by atoms with Crippen molar-refractivity contribution in [2.45, 2.75) is 19.3 Å². The van der Waals surface area contributed by atoms with Crippen LogP contribution in [0.25, 0.3) is 28.0 Å². The van der Waals surface area contributed by atoms with Gasteiger partial charge in [0.2, 0.25) is 0 Å². The van der Waals surface area contributed by atoms with Crippen molar-refractivity contribution in [2.75, 3.05) is 13.1 Å². The third kappa shape index (κ3) is 3.32. The molecule has 0 bridgehead atoms. The molecular weight excluding hydrogens is 364 g/mol. The Morgan fingerprint density at radius 2 is 1.86 bits per heavy atom. The van der Waals surface area contributed by atoms with Crippen molar-refractivity contribution >= 4 is 11.3 Å². The molecule has 6 heteroatoms. The molecule has 0 amide bonds. The predicted molar refractivity (Wildman–Crippen MR) is 113 cm³/mol. The first-order valence-electron chi connectivity index (χ1n) is 9.80. The first kappa shape index (κ1) is 17.7. The van der Waals surface area contributed by atoms with E-state index in [0.29, 0.717) is 0 Å². The lowest BCUT2D eigenvalue weighted by atomic mass is 9.97. The summed E-state index contributed by atoms with van der Waals surface area (Å²) in [7, 11) is 0. The Morgan fingerprint density at radius 1 is 0.966 bits per heavy atom. The van der Waals surface area contributed by atoms with Gasteiger partial charge < -0.3 is 9.73 Å². The molecule has 5 rings (SSSR count). The van der Waals surface area contributed by atoms with Crippen molar-refractivity contribution in [3.8, 4) is 22.5 Å². The summed E-state index contributed by atoms with van der Waals surface area (Å²) >= 11 is 0. The van der Waals surface area contributed by atoms with Crippen molar-refractivity contribution in [2.24, 2.45) is 10.4 Å². The second-order valence-corrected chi connectivity index (χ2v) is 7.27. The molecule has 3 aromatic rings. The van der Waals surface area contributed by atoms with Crippen molar-refractivity contribution in [3.05, 3.63) is 76.7 Å². The maximum atomic E-state index is 10.5. The van der Waals surface area contributed by atoms with Crippen LogP contribution in [0, 0.1) is 4.91 Å². The topological polar surface area (TPSA) is 79.9 Å². The van der Waals surface area contributed by atoms with Crippen molar-refractivity contribution in [1.29, 1.82) is 0 Å². The lowest BCUT2D eigenvalue weighted by Gasteiger charge is -2.11. The average molecular weight is 384 g/mol. The van der Waals surface area contributed by atoms with E-state index in [4.69, 9.17) is 4.42 Å². The van der Waals surface area contributed by atoms with Gasteiger partial charge in [-0.15, -0.1) is 10.0 Å². The summed E-state index contributed by atoms with van der Waals surface area (Å²) in [6.07, 6.45) is 8.32. The van der Waals surface area contributed by atoms with Gasteiger partial charge in [-0.2, -0.15) is 0 Å². The normalized spacial score (nSPS) is 17.2. The van der Waals surface area contributed by atoms with E-state index in [9.17, 15) is 4.91 Å². The molecule has 1 aliphatic carbocycles. The van der Waals surface area contributed by atoms with Crippen LogP contribution in [0.15, 0.2) is 69.7 Å². The zero-order chi connectivity index (χ0) is 19.6. The number of nitrogens with one attached hydrogen (secondary N) is 1. The highest BCUT2D eigenvalue weighted by atomic mass is 16.3. The number of hydrogen-bond donors (Lipinski definition) is 1. The summed E-state index contributed by atoms with van der Waals surface area (Å²) < 4.78 is 6.37. The van der Waals surface area contributed by atoms with Crippen LogP contribution in [-0.4, -0.2) is 23.8 Å². The summed E-state index contributed by atoms with van der Waals surface area (Å²) in [5.74, 6) is 1.77. The molecule has 0 saturated heterocycles. The average Bonchev–Trinajstić information content (AvgIpc) is 3.40. The van der Waals surface area contributed by atoms with Crippen molar-refractivity contribution in [1.82, 2.24) is 10.3 Å². The molecule has 2 aliphatic rings. The van der Waals surface area contributed by atoms with E-state index in [2.05, 4.69) is 45.0 Å². The summed E-state index contributed by atoms with van der Waals surface area (Å²) in [4.78, 5) is 14.7. The number of aromatic nitrogens is 1. The lowest BCUT2D eigenvalue weighted by molar-refractivity contribution is 0.561. The number of hydrogen-bond acceptors (Lipinski definition) is 5. The monoisotopic (exact) mass is 384 g/mol. The number of aryl methyl sites for hydroxylation is 1. The molecule has 29 heavy (non-hydrogen) atoms. The summed E-state index contributed by atoms with van der Waals surface area (Å²) in [5.41, 5.74) is 7.37. The molecule has 2 aromatic heterocycles. The minimum absolute atomic E-state index is 0.748. The van der Waals surface area contributed by atoms with Crippen molar-refractivity contribution in [3.63, 3.8) is 0 Å². The number of rotatable bonds is 4. The minimum Gasteiger partial charge on any atom is -0.456 e. The fourth-order valence-corrected chi connectivity index (χ4v) is 4.12. The van der Waals surface area contributed by atoms with Crippen LogP contribution in [0.1, 0.15) is 29.7 Å². The number of pyridine rings is 1. The summed E-state index contributed by atoms with van der Waals surface area (Å²) in [5, 5.41) is 9.80. The summed E-state index contributed by atoms with van der Waals surface area (Å²) in [6.45, 7) is 1.82. The van der Waals surface area contributed by atoms with Gasteiger partial charge in [-0.25, -0.2) is 0 Å². The van der Waals surface area contributed by atoms with Crippen LogP contribution in [0.2, 0.25) is 0 Å². The molecule has 3 heterocycles. The SMILES string of the molecule is O=N/N=C1\CCc2cc(-c3cc(C4=CCNCC4)oc3-c3ccncc3)ccc21. The van der Waals surface area contributed by atoms with Crippen LogP contribution in [0.5, 0.6) is 0 Å². The predicted octanol–water partition coefficient (Wildman–Crippen LogP) is 4.80. The Hall–Kier alpha value is -3.38. The van der Waals surface area contributed by atoms with Crippen LogP contribution >= 0.6 is 0 Å². The molecule has 6 nitrogen and oxygen atoms in total. The van der Waals surface area contributed by atoms with Gasteiger partial charge in [0, 0.05) is 35.6 Å². The van der Waals surface area contributed by atoms with E-state index >= 15 is 0 Å². The number of furan rings is 1. The smallest absolute Gasteiger partial charge is 0.142 e. The van der Waals surface area contributed by atoms with Crippen LogP contribution in [0.4, 0.5) is 0 Å². The fourth-order valence-electron chi connectivity index (χ4n) is 4.12. The van der Waals surface area contributed by atoms with Gasteiger partial charge in [0.25, 0.3) is 0 Å². The second-order valence-electron chi connectivity index (χ2n) is 7.27. The Morgan fingerprint density at radius 3 is 2.66 bits per heavy atom. The largest absolute Gasteiger partial charge is 0.456 e. The number of benzene rings is 1. The molecule has 0 fully saturated rings. The molecule has 0 spiro atoms. The third-order valence-electron chi connectivity index (χ3n) is 5.57. The van der Waals surface area contributed by atoms with E-state index in [0.717, 1.165) is 71.8 Å². The van der Waals surface area contributed by atoms with Gasteiger partial charge in [-0.05, 0) is 60.7 Å². The highest BCUT2D eigenvalue weighted by Gasteiger charge is 2.22. The van der Waals surface area contributed by atoms with Gasteiger partial charge in [0.15, 0.2) is 0 Å².